The van der Waals surface area contributed by atoms with Gasteiger partial charge in [-0.15, -0.1) is 0 Å². The second-order valence-electron chi connectivity index (χ2n) is 13.9. The number of aliphatic hydroxyl groups is 2. The molecule has 1 saturated heterocycles. The fraction of sp³-hybridized carbons (Fsp3) is 0.676. The molecule has 3 heterocycles. The fourth-order valence-corrected chi connectivity index (χ4v) is 7.64. The Kier molecular flexibility index (Phi) is 8.23. The smallest absolute Gasteiger partial charge is 0.225 e. The topological polar surface area (TPSA) is 94.2 Å². The van der Waals surface area contributed by atoms with Crippen molar-refractivity contribution in [1.82, 2.24) is 4.98 Å². The first-order valence-corrected chi connectivity index (χ1v) is 15.4. The molecule has 2 aliphatic carbocycles. The summed E-state index contributed by atoms with van der Waals surface area (Å²) in [5.41, 5.74) is -0.277. The van der Waals surface area contributed by atoms with Gasteiger partial charge in [-0.1, -0.05) is 53.2 Å². The van der Waals surface area contributed by atoms with E-state index in [1.807, 2.05) is 32.9 Å². The molecule has 0 spiro atoms. The van der Waals surface area contributed by atoms with Crippen molar-refractivity contribution in [2.24, 2.45) is 29.1 Å². The highest BCUT2D eigenvalue weighted by Gasteiger charge is 2.71. The zero-order valence-corrected chi connectivity index (χ0v) is 26.0. The summed E-state index contributed by atoms with van der Waals surface area (Å²) in [4.78, 5) is 4.54. The van der Waals surface area contributed by atoms with Crippen LogP contribution >= 0.6 is 0 Å². The largest absolute Gasteiger partial charge is 0.466 e. The van der Waals surface area contributed by atoms with Crippen LogP contribution in [0.2, 0.25) is 0 Å². The molecule has 226 valence electrons. The third kappa shape index (κ3) is 5.17. The summed E-state index contributed by atoms with van der Waals surface area (Å²) in [5.74, 6) is 0.972. The van der Waals surface area contributed by atoms with Crippen molar-refractivity contribution in [3.8, 4) is 5.88 Å². The number of nitrogens with zero attached hydrogens (tertiary/aromatic N) is 1. The molecule has 0 amide bonds. The van der Waals surface area contributed by atoms with Crippen molar-refractivity contribution in [2.75, 3.05) is 6.61 Å². The highest BCUT2D eigenvalue weighted by Crippen LogP contribution is 2.60. The van der Waals surface area contributed by atoms with Gasteiger partial charge in [-0.2, -0.15) is 0 Å². The minimum Gasteiger partial charge on any atom is -0.466 e. The van der Waals surface area contributed by atoms with Gasteiger partial charge in [0.05, 0.1) is 29.8 Å². The highest BCUT2D eigenvalue weighted by molar-refractivity contribution is 5.81. The molecule has 2 aromatic rings. The molecule has 3 unspecified atom stereocenters. The lowest BCUT2D eigenvalue weighted by molar-refractivity contribution is -0.310. The van der Waals surface area contributed by atoms with Gasteiger partial charge in [-0.05, 0) is 87.0 Å². The Labute approximate surface area is 245 Å². The molecule has 0 saturated carbocycles. The van der Waals surface area contributed by atoms with E-state index in [0.717, 1.165) is 35.8 Å². The summed E-state index contributed by atoms with van der Waals surface area (Å²) in [7, 11) is 0. The van der Waals surface area contributed by atoms with Crippen LogP contribution < -0.4 is 4.74 Å². The van der Waals surface area contributed by atoms with Crippen LogP contribution in [0, 0.1) is 29.1 Å². The van der Waals surface area contributed by atoms with Gasteiger partial charge in [-0.25, -0.2) is 4.98 Å². The molecular formula is C34H49NO6. The maximum atomic E-state index is 13.4. The molecule has 0 aromatic carbocycles. The SMILES string of the molecule is CC1=CC2([C@H](C)C[C@H](CCC(C)C)C(C)C)C(O)CC=C3COC(C)(C)O[C@H]3[C@]2(O)C1Oc1nccc2occc12. The van der Waals surface area contributed by atoms with Crippen LogP contribution in [0.4, 0.5) is 0 Å². The number of pyridine rings is 1. The first-order valence-electron chi connectivity index (χ1n) is 15.4. The summed E-state index contributed by atoms with van der Waals surface area (Å²) in [6, 6.07) is 3.62. The fourth-order valence-electron chi connectivity index (χ4n) is 7.64. The predicted molar refractivity (Wildman–Crippen MR) is 159 cm³/mol. The number of hydrogen-bond donors (Lipinski definition) is 2. The van der Waals surface area contributed by atoms with Gasteiger partial charge >= 0.3 is 0 Å². The normalized spacial score (nSPS) is 32.7. The second kappa shape index (κ2) is 11.1. The average Bonchev–Trinajstić information content (AvgIpc) is 3.45. The Morgan fingerprint density at radius 1 is 1.12 bits per heavy atom. The lowest BCUT2D eigenvalue weighted by Gasteiger charge is -2.55. The van der Waals surface area contributed by atoms with Crippen LogP contribution in [0.3, 0.4) is 0 Å². The maximum absolute atomic E-state index is 13.4. The summed E-state index contributed by atoms with van der Waals surface area (Å²) in [5, 5.41) is 26.2. The van der Waals surface area contributed by atoms with E-state index in [-0.39, 0.29) is 5.92 Å². The molecular weight excluding hydrogens is 518 g/mol. The van der Waals surface area contributed by atoms with Gasteiger partial charge in [0.15, 0.2) is 11.9 Å². The van der Waals surface area contributed by atoms with E-state index < -0.39 is 35.1 Å². The average molecular weight is 568 g/mol. The molecule has 7 nitrogen and oxygen atoms in total. The Morgan fingerprint density at radius 3 is 2.59 bits per heavy atom. The number of furan rings is 1. The number of ether oxygens (including phenoxy) is 3. The van der Waals surface area contributed by atoms with Crippen molar-refractivity contribution in [2.45, 2.75) is 111 Å². The summed E-state index contributed by atoms with van der Waals surface area (Å²) < 4.78 is 25.0. The van der Waals surface area contributed by atoms with Crippen molar-refractivity contribution >= 4 is 11.0 Å². The number of rotatable bonds is 9. The standard InChI is InChI=1S/C34H49NO6/c1-20(2)9-10-24(21(3)4)17-23(6)33-18-22(5)29(40-31-26-14-16-38-27(26)13-15-35-31)34(33,37)30-25(11-12-28(33)36)19-39-32(7,8)41-30/h11,13-16,18,20-21,23-24,28-30,36-37H,9-10,12,17,19H2,1-8H3/t23-,24+,28?,29?,30-,33?,34-/m1/s1. The Bertz CT molecular complexity index is 1290. The monoisotopic (exact) mass is 567 g/mol. The van der Waals surface area contributed by atoms with E-state index in [2.05, 4.69) is 45.7 Å². The maximum Gasteiger partial charge on any atom is 0.225 e. The quantitative estimate of drug-likeness (QED) is 0.321. The molecule has 0 radical (unpaired) electrons. The van der Waals surface area contributed by atoms with Gasteiger partial charge < -0.3 is 28.8 Å². The Hall–Kier alpha value is -2.19. The van der Waals surface area contributed by atoms with E-state index in [0.29, 0.717) is 42.2 Å². The van der Waals surface area contributed by atoms with Crippen LogP contribution in [0.15, 0.2) is 52.3 Å². The Morgan fingerprint density at radius 2 is 1.88 bits per heavy atom. The van der Waals surface area contributed by atoms with Crippen molar-refractivity contribution in [1.29, 1.82) is 0 Å². The van der Waals surface area contributed by atoms with Crippen LogP contribution in [-0.4, -0.2) is 51.5 Å². The van der Waals surface area contributed by atoms with Gasteiger partial charge in [-0.3, -0.25) is 0 Å². The molecule has 7 atom stereocenters. The Balaban J connectivity index is 1.62. The lowest BCUT2D eigenvalue weighted by atomic mass is 9.57. The van der Waals surface area contributed by atoms with E-state index in [1.54, 1.807) is 18.5 Å². The summed E-state index contributed by atoms with van der Waals surface area (Å²) in [6.07, 6.45) is 8.53. The first kappa shape index (κ1) is 30.3. The van der Waals surface area contributed by atoms with Crippen molar-refractivity contribution in [3.05, 3.63) is 47.9 Å². The molecule has 7 heteroatoms. The van der Waals surface area contributed by atoms with Crippen molar-refractivity contribution < 1.29 is 28.8 Å². The molecule has 2 aromatic heterocycles. The zero-order chi connectivity index (χ0) is 29.7. The number of aliphatic hydroxyl groups excluding tert-OH is 1. The summed E-state index contributed by atoms with van der Waals surface area (Å²) in [6.45, 7) is 17.4. The lowest BCUT2D eigenvalue weighted by Crippen LogP contribution is -2.69. The minimum atomic E-state index is -1.62. The first-order chi connectivity index (χ1) is 19.3. The van der Waals surface area contributed by atoms with Gasteiger partial charge in [0.2, 0.25) is 5.88 Å². The third-order valence-electron chi connectivity index (χ3n) is 9.95. The second-order valence-corrected chi connectivity index (χ2v) is 13.9. The van der Waals surface area contributed by atoms with Gasteiger partial charge in [0.1, 0.15) is 17.3 Å². The molecule has 5 rings (SSSR count). The van der Waals surface area contributed by atoms with Crippen LogP contribution in [0.1, 0.15) is 81.1 Å². The van der Waals surface area contributed by atoms with Gasteiger partial charge in [0, 0.05) is 6.20 Å². The van der Waals surface area contributed by atoms with Crippen LogP contribution in [-0.2, 0) is 9.47 Å². The van der Waals surface area contributed by atoms with Crippen LogP contribution in [0.5, 0.6) is 5.88 Å². The minimum absolute atomic E-state index is 0.0643. The highest BCUT2D eigenvalue weighted by atomic mass is 16.7. The van der Waals surface area contributed by atoms with Crippen molar-refractivity contribution in [3.63, 3.8) is 0 Å². The van der Waals surface area contributed by atoms with E-state index in [1.165, 1.54) is 0 Å². The number of hydrogen-bond acceptors (Lipinski definition) is 7. The molecule has 3 aliphatic rings. The molecule has 0 bridgehead atoms. The predicted octanol–water partition coefficient (Wildman–Crippen LogP) is 6.83. The van der Waals surface area contributed by atoms with E-state index >= 15 is 0 Å². The third-order valence-corrected chi connectivity index (χ3v) is 9.95. The number of aromatic nitrogens is 1. The molecule has 1 aliphatic heterocycles. The molecule has 2 N–H and O–H groups in total. The zero-order valence-electron chi connectivity index (χ0n) is 26.0. The van der Waals surface area contributed by atoms with Crippen LogP contribution in [0.25, 0.3) is 11.0 Å². The summed E-state index contributed by atoms with van der Waals surface area (Å²) >= 11 is 0. The van der Waals surface area contributed by atoms with E-state index in [9.17, 15) is 10.2 Å². The number of fused-ring (bicyclic) bond motifs is 4. The van der Waals surface area contributed by atoms with Gasteiger partial charge in [0.25, 0.3) is 0 Å². The van der Waals surface area contributed by atoms with E-state index in [4.69, 9.17) is 18.6 Å². The molecule has 41 heavy (non-hydrogen) atoms. The molecule has 1 fully saturated rings.